The summed E-state index contributed by atoms with van der Waals surface area (Å²) < 4.78 is 0. The molecule has 1 aromatic carbocycles. The molecule has 0 N–H and O–H groups in total. The van der Waals surface area contributed by atoms with Crippen molar-refractivity contribution in [3.8, 4) is 0 Å². The van der Waals surface area contributed by atoms with Crippen molar-refractivity contribution in [3.63, 3.8) is 0 Å². The van der Waals surface area contributed by atoms with Gasteiger partial charge >= 0.3 is 0 Å². The molecule has 0 radical (unpaired) electrons. The summed E-state index contributed by atoms with van der Waals surface area (Å²) in [5.41, 5.74) is 2.21. The van der Waals surface area contributed by atoms with Gasteiger partial charge in [-0.25, -0.2) is 0 Å². The van der Waals surface area contributed by atoms with Crippen LogP contribution in [-0.2, 0) is 6.42 Å². The lowest BCUT2D eigenvalue weighted by atomic mass is 9.85. The lowest BCUT2D eigenvalue weighted by Gasteiger charge is -2.36. The number of carbonyl (C=O) groups excluding carboxylic acids is 1. The van der Waals surface area contributed by atoms with Crippen molar-refractivity contribution >= 4 is 18.2 Å². The van der Waals surface area contributed by atoms with Crippen LogP contribution in [-0.4, -0.2) is 29.8 Å². The molecule has 3 heteroatoms. The number of fused-ring (bicyclic) bond motifs is 1. The molecule has 1 atom stereocenters. The van der Waals surface area contributed by atoms with Gasteiger partial charge in [0.25, 0.3) is 0 Å². The van der Waals surface area contributed by atoms with Gasteiger partial charge in [-0.15, -0.1) is 12.4 Å². The molecule has 1 fully saturated rings. The quantitative estimate of drug-likeness (QED) is 0.778. The summed E-state index contributed by atoms with van der Waals surface area (Å²) in [5, 5.41) is 0. The normalized spacial score (nSPS) is 24.2. The SMILES string of the molecule is Cl.O=C1c2ccccc2CCC1N1CCCCC1. The molecule has 1 aromatic rings. The third kappa shape index (κ3) is 2.45. The number of carbonyl (C=O) groups is 1. The first-order valence-electron chi connectivity index (χ1n) is 6.72. The Balaban J connectivity index is 0.00000120. The molecule has 0 amide bonds. The van der Waals surface area contributed by atoms with Gasteiger partial charge < -0.3 is 0 Å². The average molecular weight is 266 g/mol. The van der Waals surface area contributed by atoms with Gasteiger partial charge in [-0.2, -0.15) is 0 Å². The Bertz CT molecular complexity index is 426. The van der Waals surface area contributed by atoms with Crippen LogP contribution in [0.15, 0.2) is 24.3 Å². The zero-order chi connectivity index (χ0) is 11.7. The summed E-state index contributed by atoms with van der Waals surface area (Å²) in [4.78, 5) is 14.9. The maximum Gasteiger partial charge on any atom is 0.180 e. The maximum atomic E-state index is 12.5. The molecule has 3 rings (SSSR count). The second kappa shape index (κ2) is 5.85. The molecule has 98 valence electrons. The molecule has 1 aliphatic heterocycles. The summed E-state index contributed by atoms with van der Waals surface area (Å²) in [6, 6.07) is 8.26. The molecule has 18 heavy (non-hydrogen) atoms. The summed E-state index contributed by atoms with van der Waals surface area (Å²) in [6.45, 7) is 2.22. The van der Waals surface area contributed by atoms with Crippen molar-refractivity contribution in [2.24, 2.45) is 0 Å². The molecule has 0 bridgehead atoms. The van der Waals surface area contributed by atoms with E-state index in [9.17, 15) is 4.79 Å². The van der Waals surface area contributed by atoms with Gasteiger partial charge in [0.15, 0.2) is 5.78 Å². The van der Waals surface area contributed by atoms with E-state index in [-0.39, 0.29) is 18.4 Å². The predicted molar refractivity (Wildman–Crippen MR) is 75.6 cm³/mol. The topological polar surface area (TPSA) is 20.3 Å². The van der Waals surface area contributed by atoms with Gasteiger partial charge in [0.1, 0.15) is 0 Å². The molecule has 0 spiro atoms. The minimum atomic E-state index is 0. The molecule has 2 aliphatic rings. The van der Waals surface area contributed by atoms with Gasteiger partial charge in [0, 0.05) is 5.56 Å². The van der Waals surface area contributed by atoms with Crippen LogP contribution in [0.5, 0.6) is 0 Å². The molecular weight excluding hydrogens is 246 g/mol. The summed E-state index contributed by atoms with van der Waals surface area (Å²) in [6.07, 6.45) is 5.91. The van der Waals surface area contributed by atoms with Gasteiger partial charge in [-0.3, -0.25) is 9.69 Å². The van der Waals surface area contributed by atoms with E-state index in [0.29, 0.717) is 5.78 Å². The van der Waals surface area contributed by atoms with Crippen LogP contribution < -0.4 is 0 Å². The smallest absolute Gasteiger partial charge is 0.180 e. The number of piperidine rings is 1. The fourth-order valence-corrected chi connectivity index (χ4v) is 3.16. The van der Waals surface area contributed by atoms with Gasteiger partial charge in [0.2, 0.25) is 0 Å². The minimum absolute atomic E-state index is 0. The van der Waals surface area contributed by atoms with E-state index in [2.05, 4.69) is 11.0 Å². The number of benzene rings is 1. The first kappa shape index (κ1) is 13.6. The Hall–Kier alpha value is -0.860. The number of hydrogen-bond donors (Lipinski definition) is 0. The maximum absolute atomic E-state index is 12.5. The zero-order valence-corrected chi connectivity index (χ0v) is 11.4. The second-order valence-corrected chi connectivity index (χ2v) is 5.17. The van der Waals surface area contributed by atoms with Crippen molar-refractivity contribution in [2.45, 2.75) is 38.1 Å². The molecule has 2 nitrogen and oxygen atoms in total. The second-order valence-electron chi connectivity index (χ2n) is 5.17. The van der Waals surface area contributed by atoms with Crippen molar-refractivity contribution < 1.29 is 4.79 Å². The van der Waals surface area contributed by atoms with E-state index < -0.39 is 0 Å². The van der Waals surface area contributed by atoms with Crippen molar-refractivity contribution in [1.82, 2.24) is 4.90 Å². The van der Waals surface area contributed by atoms with Gasteiger partial charge in [-0.05, 0) is 44.3 Å². The molecule has 1 heterocycles. The molecular formula is C15H20ClNO. The van der Waals surface area contributed by atoms with Gasteiger partial charge in [-0.1, -0.05) is 30.7 Å². The number of halogens is 1. The predicted octanol–water partition coefficient (Wildman–Crippen LogP) is 3.09. The van der Waals surface area contributed by atoms with Crippen LogP contribution >= 0.6 is 12.4 Å². The van der Waals surface area contributed by atoms with Crippen LogP contribution in [0.4, 0.5) is 0 Å². The van der Waals surface area contributed by atoms with E-state index in [1.165, 1.54) is 24.8 Å². The molecule has 0 aromatic heterocycles. The molecule has 0 saturated carbocycles. The lowest BCUT2D eigenvalue weighted by Crippen LogP contribution is -2.46. The summed E-state index contributed by atoms with van der Waals surface area (Å²) in [7, 11) is 0. The van der Waals surface area contributed by atoms with Crippen LogP contribution in [0, 0.1) is 0 Å². The van der Waals surface area contributed by atoms with E-state index >= 15 is 0 Å². The largest absolute Gasteiger partial charge is 0.293 e. The number of rotatable bonds is 1. The molecule has 1 aliphatic carbocycles. The molecule has 1 saturated heterocycles. The number of hydrogen-bond acceptors (Lipinski definition) is 2. The number of likely N-dealkylation sites (tertiary alicyclic amines) is 1. The van der Waals surface area contributed by atoms with E-state index in [1.54, 1.807) is 0 Å². The Morgan fingerprint density at radius 3 is 2.56 bits per heavy atom. The number of Topliss-reactive ketones (excluding diaryl/α,β-unsaturated/α-hetero) is 1. The summed E-state index contributed by atoms with van der Waals surface area (Å²) >= 11 is 0. The third-order valence-electron chi connectivity index (χ3n) is 4.10. The Morgan fingerprint density at radius 2 is 1.78 bits per heavy atom. The first-order valence-corrected chi connectivity index (χ1v) is 6.72. The Morgan fingerprint density at radius 1 is 1.06 bits per heavy atom. The highest BCUT2D eigenvalue weighted by atomic mass is 35.5. The third-order valence-corrected chi connectivity index (χ3v) is 4.10. The van der Waals surface area contributed by atoms with Crippen molar-refractivity contribution in [1.29, 1.82) is 0 Å². The van der Waals surface area contributed by atoms with E-state index in [4.69, 9.17) is 0 Å². The molecule has 1 unspecified atom stereocenters. The highest BCUT2D eigenvalue weighted by Gasteiger charge is 2.31. The monoisotopic (exact) mass is 265 g/mol. The van der Waals surface area contributed by atoms with Crippen molar-refractivity contribution in [3.05, 3.63) is 35.4 Å². The minimum Gasteiger partial charge on any atom is -0.293 e. The number of ketones is 1. The number of nitrogens with zero attached hydrogens (tertiary/aromatic N) is 1. The van der Waals surface area contributed by atoms with Crippen LogP contribution in [0.25, 0.3) is 0 Å². The van der Waals surface area contributed by atoms with Crippen molar-refractivity contribution in [2.75, 3.05) is 13.1 Å². The highest BCUT2D eigenvalue weighted by molar-refractivity contribution is 6.02. The van der Waals surface area contributed by atoms with E-state index in [0.717, 1.165) is 31.5 Å². The Labute approximate surface area is 115 Å². The highest BCUT2D eigenvalue weighted by Crippen LogP contribution is 2.26. The van der Waals surface area contributed by atoms with Crippen LogP contribution in [0.3, 0.4) is 0 Å². The van der Waals surface area contributed by atoms with Crippen LogP contribution in [0.2, 0.25) is 0 Å². The first-order chi connectivity index (χ1) is 8.36. The average Bonchev–Trinajstić information content (AvgIpc) is 2.40. The van der Waals surface area contributed by atoms with Crippen LogP contribution in [0.1, 0.15) is 41.6 Å². The van der Waals surface area contributed by atoms with E-state index in [1.807, 2.05) is 18.2 Å². The fraction of sp³-hybridized carbons (Fsp3) is 0.533. The zero-order valence-electron chi connectivity index (χ0n) is 10.6. The Kier molecular flexibility index (Phi) is 4.41. The number of aryl methyl sites for hydroxylation is 1. The lowest BCUT2D eigenvalue weighted by molar-refractivity contribution is 0.0752. The fourth-order valence-electron chi connectivity index (χ4n) is 3.16. The van der Waals surface area contributed by atoms with Gasteiger partial charge in [0.05, 0.1) is 6.04 Å². The standard InChI is InChI=1S/C15H19NO.ClH/c17-15-13-7-3-2-6-12(13)8-9-14(15)16-10-4-1-5-11-16;/h2-3,6-7,14H,1,4-5,8-11H2;1H. The summed E-state index contributed by atoms with van der Waals surface area (Å²) in [5.74, 6) is 0.355.